The SMILES string of the molecule is N#C/C(=C/C1=Cc2cc(Cl)cc(Cl)c2OC1)C(=O)Nc1ccc(C(=O)O)cc1. The molecular formula is C20H12Cl2N2O4. The van der Waals surface area contributed by atoms with Crippen LogP contribution in [0.2, 0.25) is 10.0 Å². The second-order valence-electron chi connectivity index (χ2n) is 5.82. The molecule has 0 aliphatic carbocycles. The average molecular weight is 415 g/mol. The number of carbonyl (C=O) groups excluding carboxylic acids is 1. The van der Waals surface area contributed by atoms with Crippen molar-refractivity contribution in [3.8, 4) is 11.8 Å². The molecule has 8 heteroatoms. The van der Waals surface area contributed by atoms with Gasteiger partial charge in [-0.1, -0.05) is 23.2 Å². The van der Waals surface area contributed by atoms with Crippen LogP contribution >= 0.6 is 23.2 Å². The minimum absolute atomic E-state index is 0.0922. The van der Waals surface area contributed by atoms with Crippen LogP contribution in [0, 0.1) is 11.3 Å². The highest BCUT2D eigenvalue weighted by atomic mass is 35.5. The number of nitrogens with zero attached hydrogens (tertiary/aromatic N) is 1. The van der Waals surface area contributed by atoms with Crippen LogP contribution in [0.1, 0.15) is 15.9 Å². The second-order valence-corrected chi connectivity index (χ2v) is 6.66. The molecule has 0 atom stereocenters. The lowest BCUT2D eigenvalue weighted by atomic mass is 10.0. The van der Waals surface area contributed by atoms with E-state index in [0.717, 1.165) is 0 Å². The molecule has 0 bridgehead atoms. The number of hydrogen-bond acceptors (Lipinski definition) is 4. The highest BCUT2D eigenvalue weighted by Crippen LogP contribution is 2.36. The summed E-state index contributed by atoms with van der Waals surface area (Å²) >= 11 is 12.1. The zero-order chi connectivity index (χ0) is 20.3. The van der Waals surface area contributed by atoms with Crippen LogP contribution in [0.25, 0.3) is 6.08 Å². The van der Waals surface area contributed by atoms with Crippen molar-refractivity contribution in [3.63, 3.8) is 0 Å². The summed E-state index contributed by atoms with van der Waals surface area (Å²) < 4.78 is 5.60. The molecule has 3 rings (SSSR count). The summed E-state index contributed by atoms with van der Waals surface area (Å²) in [7, 11) is 0. The van der Waals surface area contributed by atoms with Gasteiger partial charge in [0.1, 0.15) is 24.0 Å². The Hall–Kier alpha value is -3.27. The maximum Gasteiger partial charge on any atom is 0.335 e. The van der Waals surface area contributed by atoms with Gasteiger partial charge in [0.25, 0.3) is 5.91 Å². The van der Waals surface area contributed by atoms with Crippen molar-refractivity contribution in [2.45, 2.75) is 0 Å². The van der Waals surface area contributed by atoms with E-state index in [2.05, 4.69) is 5.32 Å². The number of carbonyl (C=O) groups is 2. The molecule has 1 amide bonds. The summed E-state index contributed by atoms with van der Waals surface area (Å²) in [6.07, 6.45) is 3.15. The molecule has 6 nitrogen and oxygen atoms in total. The molecule has 0 aromatic heterocycles. The first-order valence-electron chi connectivity index (χ1n) is 7.96. The van der Waals surface area contributed by atoms with Gasteiger partial charge in [0, 0.05) is 16.3 Å². The van der Waals surface area contributed by atoms with Gasteiger partial charge in [-0.3, -0.25) is 4.79 Å². The number of aromatic carboxylic acids is 1. The van der Waals surface area contributed by atoms with Crippen LogP contribution < -0.4 is 10.1 Å². The minimum Gasteiger partial charge on any atom is -0.487 e. The van der Waals surface area contributed by atoms with Gasteiger partial charge in [0.05, 0.1) is 10.6 Å². The van der Waals surface area contributed by atoms with Crippen molar-refractivity contribution >= 4 is 46.8 Å². The molecule has 2 aromatic carbocycles. The van der Waals surface area contributed by atoms with Crippen LogP contribution in [-0.4, -0.2) is 23.6 Å². The van der Waals surface area contributed by atoms with Gasteiger partial charge in [-0.25, -0.2) is 4.79 Å². The molecule has 1 heterocycles. The van der Waals surface area contributed by atoms with Crippen molar-refractivity contribution < 1.29 is 19.4 Å². The maximum absolute atomic E-state index is 12.4. The van der Waals surface area contributed by atoms with Crippen LogP contribution in [0.15, 0.2) is 53.6 Å². The first-order valence-corrected chi connectivity index (χ1v) is 8.72. The third-order valence-electron chi connectivity index (χ3n) is 3.85. The number of ether oxygens (including phenoxy) is 1. The van der Waals surface area contributed by atoms with E-state index in [1.807, 2.05) is 6.07 Å². The molecule has 0 radical (unpaired) electrons. The topological polar surface area (TPSA) is 99.4 Å². The quantitative estimate of drug-likeness (QED) is 0.564. The molecule has 0 saturated heterocycles. The highest BCUT2D eigenvalue weighted by molar-refractivity contribution is 6.36. The largest absolute Gasteiger partial charge is 0.487 e. The van der Waals surface area contributed by atoms with Crippen LogP contribution in [0.3, 0.4) is 0 Å². The monoisotopic (exact) mass is 414 g/mol. The fourth-order valence-electron chi connectivity index (χ4n) is 2.55. The number of halogens is 2. The van der Waals surface area contributed by atoms with Gasteiger partial charge in [-0.05, 0) is 54.1 Å². The highest BCUT2D eigenvalue weighted by Gasteiger charge is 2.17. The summed E-state index contributed by atoms with van der Waals surface area (Å²) in [5, 5.41) is 21.6. The fraction of sp³-hybridized carbons (Fsp3) is 0.0500. The summed E-state index contributed by atoms with van der Waals surface area (Å²) in [6.45, 7) is 0.139. The molecule has 2 N–H and O–H groups in total. The molecule has 0 unspecified atom stereocenters. The number of carboxylic acids is 1. The van der Waals surface area contributed by atoms with Crippen molar-refractivity contribution in [3.05, 3.63) is 74.8 Å². The van der Waals surface area contributed by atoms with Crippen molar-refractivity contribution in [1.29, 1.82) is 5.26 Å². The molecule has 2 aromatic rings. The van der Waals surface area contributed by atoms with Crippen molar-refractivity contribution in [2.75, 3.05) is 11.9 Å². The summed E-state index contributed by atoms with van der Waals surface area (Å²) in [6, 6.07) is 10.7. The predicted octanol–water partition coefficient (Wildman–Crippen LogP) is 4.56. The van der Waals surface area contributed by atoms with E-state index in [0.29, 0.717) is 32.6 Å². The lowest BCUT2D eigenvalue weighted by molar-refractivity contribution is -0.112. The Bertz CT molecular complexity index is 1070. The first-order chi connectivity index (χ1) is 13.4. The van der Waals surface area contributed by atoms with E-state index in [-0.39, 0.29) is 17.7 Å². The van der Waals surface area contributed by atoms with Gasteiger partial charge >= 0.3 is 5.97 Å². The lowest BCUT2D eigenvalue weighted by Crippen LogP contribution is -2.15. The van der Waals surface area contributed by atoms with E-state index < -0.39 is 11.9 Å². The number of amides is 1. The van der Waals surface area contributed by atoms with E-state index in [9.17, 15) is 14.9 Å². The zero-order valence-corrected chi connectivity index (χ0v) is 15.7. The van der Waals surface area contributed by atoms with Gasteiger partial charge < -0.3 is 15.2 Å². The number of hydrogen-bond donors (Lipinski definition) is 2. The van der Waals surface area contributed by atoms with Crippen molar-refractivity contribution in [2.24, 2.45) is 0 Å². The number of nitrogens with one attached hydrogen (secondary N) is 1. The molecule has 140 valence electrons. The van der Waals surface area contributed by atoms with Crippen LogP contribution in [-0.2, 0) is 4.79 Å². The summed E-state index contributed by atoms with van der Waals surface area (Å²) in [5.74, 6) is -1.20. The number of anilines is 1. The number of nitriles is 1. The summed E-state index contributed by atoms with van der Waals surface area (Å²) in [4.78, 5) is 23.2. The van der Waals surface area contributed by atoms with Gasteiger partial charge in [0.15, 0.2) is 0 Å². The molecular weight excluding hydrogens is 403 g/mol. The average Bonchev–Trinajstić information content (AvgIpc) is 2.66. The molecule has 0 spiro atoms. The fourth-order valence-corrected chi connectivity index (χ4v) is 3.11. The van der Waals surface area contributed by atoms with Gasteiger partial charge in [-0.15, -0.1) is 0 Å². The van der Waals surface area contributed by atoms with Crippen LogP contribution in [0.5, 0.6) is 5.75 Å². The minimum atomic E-state index is -1.07. The Morgan fingerprint density at radius 3 is 2.57 bits per heavy atom. The number of carboxylic acid groups (broad SMARTS) is 1. The third-order valence-corrected chi connectivity index (χ3v) is 4.34. The van der Waals surface area contributed by atoms with E-state index >= 15 is 0 Å². The molecule has 28 heavy (non-hydrogen) atoms. The van der Waals surface area contributed by atoms with E-state index in [1.54, 1.807) is 18.2 Å². The van der Waals surface area contributed by atoms with E-state index in [1.165, 1.54) is 30.3 Å². The van der Waals surface area contributed by atoms with Gasteiger partial charge in [0.2, 0.25) is 0 Å². The van der Waals surface area contributed by atoms with Crippen molar-refractivity contribution in [1.82, 2.24) is 0 Å². The Labute approximate surface area is 170 Å². The molecule has 1 aliphatic rings. The Morgan fingerprint density at radius 2 is 1.93 bits per heavy atom. The number of rotatable bonds is 4. The second kappa shape index (κ2) is 8.17. The summed E-state index contributed by atoms with van der Waals surface area (Å²) in [5.41, 5.74) is 1.58. The Morgan fingerprint density at radius 1 is 1.21 bits per heavy atom. The standard InChI is InChI=1S/C20H12Cl2N2O4/c21-15-7-13-5-11(10-28-18(13)17(22)8-15)6-14(9-23)19(25)24-16-3-1-12(2-4-16)20(26)27/h1-8H,10H2,(H,24,25)(H,26,27)/b14-6-. The molecule has 0 saturated carbocycles. The lowest BCUT2D eigenvalue weighted by Gasteiger charge is -2.18. The third kappa shape index (κ3) is 4.34. The predicted molar refractivity (Wildman–Crippen MR) is 106 cm³/mol. The van der Waals surface area contributed by atoms with Crippen LogP contribution in [0.4, 0.5) is 5.69 Å². The smallest absolute Gasteiger partial charge is 0.335 e. The first kappa shape index (κ1) is 19.5. The number of fused-ring (bicyclic) bond motifs is 1. The van der Waals surface area contributed by atoms with Gasteiger partial charge in [-0.2, -0.15) is 5.26 Å². The normalized spacial score (nSPS) is 12.9. The van der Waals surface area contributed by atoms with E-state index in [4.69, 9.17) is 33.0 Å². The zero-order valence-electron chi connectivity index (χ0n) is 14.2. The molecule has 1 aliphatic heterocycles. The Balaban J connectivity index is 1.81. The molecule has 0 fully saturated rings. The number of benzene rings is 2. The Kier molecular flexibility index (Phi) is 5.69. The maximum atomic E-state index is 12.4.